The van der Waals surface area contributed by atoms with Gasteiger partial charge in [-0.3, -0.25) is 9.80 Å². The van der Waals surface area contributed by atoms with Gasteiger partial charge in [-0.2, -0.15) is 0 Å². The van der Waals surface area contributed by atoms with Crippen molar-refractivity contribution >= 4 is 0 Å². The average molecular weight is 346 g/mol. The maximum Gasteiger partial charge on any atom is 0.0762 e. The van der Waals surface area contributed by atoms with Crippen LogP contribution in [-0.4, -0.2) is 59.2 Å². The van der Waals surface area contributed by atoms with E-state index in [4.69, 9.17) is 0 Å². The van der Waals surface area contributed by atoms with E-state index >= 15 is 0 Å². The van der Waals surface area contributed by atoms with Crippen LogP contribution in [0.15, 0.2) is 66.1 Å². The van der Waals surface area contributed by atoms with E-state index in [0.29, 0.717) is 0 Å². The molecule has 3 heterocycles. The fourth-order valence-corrected chi connectivity index (χ4v) is 3.89. The second-order valence-corrected chi connectivity index (χ2v) is 7.19. The monoisotopic (exact) mass is 346 g/mol. The van der Waals surface area contributed by atoms with Crippen LogP contribution in [0.1, 0.15) is 12.0 Å². The van der Waals surface area contributed by atoms with Gasteiger partial charge in [0, 0.05) is 56.8 Å². The third-order valence-electron chi connectivity index (χ3n) is 5.11. The Morgan fingerprint density at radius 2 is 1.73 bits per heavy atom. The first-order valence-corrected chi connectivity index (χ1v) is 9.29. The summed E-state index contributed by atoms with van der Waals surface area (Å²) >= 11 is 0. The zero-order valence-corrected chi connectivity index (χ0v) is 15.4. The third-order valence-corrected chi connectivity index (χ3v) is 5.11. The van der Waals surface area contributed by atoms with Gasteiger partial charge in [0.1, 0.15) is 0 Å². The lowest BCUT2D eigenvalue weighted by Gasteiger charge is -2.42. The van der Waals surface area contributed by atoms with Gasteiger partial charge >= 0.3 is 0 Å². The molecule has 1 aromatic carbocycles. The van der Waals surface area contributed by atoms with Crippen LogP contribution < -0.4 is 0 Å². The molecule has 134 valence electrons. The molecule has 0 unspecified atom stereocenters. The highest BCUT2D eigenvalue weighted by atomic mass is 15.4. The molecule has 0 spiro atoms. The van der Waals surface area contributed by atoms with Crippen LogP contribution in [-0.2, 0) is 6.67 Å². The molecule has 2 aromatic rings. The number of nitrogens with zero attached hydrogens (tertiary/aromatic N) is 4. The van der Waals surface area contributed by atoms with Crippen molar-refractivity contribution in [2.75, 3.05) is 39.9 Å². The molecule has 0 saturated heterocycles. The second kappa shape index (κ2) is 7.82. The van der Waals surface area contributed by atoms with Crippen molar-refractivity contribution in [3.8, 4) is 11.8 Å². The van der Waals surface area contributed by atoms with Gasteiger partial charge in [0.15, 0.2) is 0 Å². The Morgan fingerprint density at radius 1 is 0.962 bits per heavy atom. The van der Waals surface area contributed by atoms with Crippen LogP contribution in [0.4, 0.5) is 0 Å². The van der Waals surface area contributed by atoms with E-state index in [1.807, 2.05) is 18.2 Å². The molecule has 0 aliphatic carbocycles. The predicted octanol–water partition coefficient (Wildman–Crippen LogP) is 2.66. The van der Waals surface area contributed by atoms with Crippen molar-refractivity contribution in [3.05, 3.63) is 71.7 Å². The van der Waals surface area contributed by atoms with Crippen LogP contribution in [0.25, 0.3) is 0 Å². The molecule has 4 rings (SSSR count). The van der Waals surface area contributed by atoms with Crippen molar-refractivity contribution in [2.24, 2.45) is 0 Å². The van der Waals surface area contributed by atoms with Gasteiger partial charge in [0.25, 0.3) is 0 Å². The van der Waals surface area contributed by atoms with Gasteiger partial charge in [0.05, 0.1) is 19.9 Å². The van der Waals surface area contributed by atoms with Crippen molar-refractivity contribution in [3.63, 3.8) is 0 Å². The summed E-state index contributed by atoms with van der Waals surface area (Å²) in [6.07, 6.45) is 5.41. The molecular formula is C22H26N4. The normalized spacial score (nSPS) is 18.4. The summed E-state index contributed by atoms with van der Waals surface area (Å²) in [7, 11) is 2.22. The molecule has 1 aromatic heterocycles. The average Bonchev–Trinajstić information content (AvgIpc) is 3.15. The Bertz CT molecular complexity index is 811. The van der Waals surface area contributed by atoms with E-state index in [0.717, 1.165) is 51.5 Å². The van der Waals surface area contributed by atoms with E-state index in [2.05, 4.69) is 74.8 Å². The minimum atomic E-state index is 0.840. The molecule has 0 radical (unpaired) electrons. The third kappa shape index (κ3) is 4.01. The van der Waals surface area contributed by atoms with Crippen molar-refractivity contribution in [2.45, 2.75) is 13.1 Å². The minimum Gasteiger partial charge on any atom is -0.365 e. The Balaban J connectivity index is 1.38. The van der Waals surface area contributed by atoms with Crippen LogP contribution in [0.2, 0.25) is 0 Å². The topological polar surface area (TPSA) is 14.7 Å². The summed E-state index contributed by atoms with van der Waals surface area (Å²) in [6.45, 7) is 5.98. The summed E-state index contributed by atoms with van der Waals surface area (Å²) < 4.78 is 2.24. The van der Waals surface area contributed by atoms with E-state index < -0.39 is 0 Å². The Kier molecular flexibility index (Phi) is 5.10. The molecule has 0 N–H and O–H groups in total. The maximum atomic E-state index is 3.35. The largest absolute Gasteiger partial charge is 0.365 e. The molecular weight excluding hydrogens is 320 g/mol. The molecule has 2 aliphatic rings. The molecule has 4 heteroatoms. The number of hydrogen-bond donors (Lipinski definition) is 0. The summed E-state index contributed by atoms with van der Waals surface area (Å²) in [5, 5.41) is 0. The highest BCUT2D eigenvalue weighted by Gasteiger charge is 2.27. The molecule has 4 nitrogen and oxygen atoms in total. The highest BCUT2D eigenvalue weighted by Crippen LogP contribution is 2.25. The second-order valence-electron chi connectivity index (χ2n) is 7.19. The van der Waals surface area contributed by atoms with Crippen molar-refractivity contribution in [1.82, 2.24) is 19.3 Å². The summed E-state index contributed by atoms with van der Waals surface area (Å²) in [5.74, 6) is 6.63. The minimum absolute atomic E-state index is 0.840. The van der Waals surface area contributed by atoms with Gasteiger partial charge in [-0.25, -0.2) is 0 Å². The molecule has 2 aliphatic heterocycles. The molecule has 0 atom stereocenters. The SMILES string of the molecule is CN1CN(Cn2cccc2)CC2=C1CCN(CC#Cc1ccccc1)C2. The Labute approximate surface area is 156 Å². The van der Waals surface area contributed by atoms with Crippen LogP contribution >= 0.6 is 0 Å². The van der Waals surface area contributed by atoms with Gasteiger partial charge in [-0.15, -0.1) is 0 Å². The Hall–Kier alpha value is -2.48. The lowest BCUT2D eigenvalue weighted by atomic mass is 10.0. The quantitative estimate of drug-likeness (QED) is 0.794. The number of benzene rings is 1. The first kappa shape index (κ1) is 17.0. The fraction of sp³-hybridized carbons (Fsp3) is 0.364. The summed E-state index contributed by atoms with van der Waals surface area (Å²) in [6, 6.07) is 14.4. The van der Waals surface area contributed by atoms with E-state index in [-0.39, 0.29) is 0 Å². The molecule has 26 heavy (non-hydrogen) atoms. The van der Waals surface area contributed by atoms with Crippen LogP contribution in [0, 0.1) is 11.8 Å². The summed E-state index contributed by atoms with van der Waals surface area (Å²) in [5.41, 5.74) is 4.19. The number of aromatic nitrogens is 1. The first-order chi connectivity index (χ1) is 12.8. The zero-order valence-electron chi connectivity index (χ0n) is 15.4. The molecule has 0 fully saturated rings. The molecule has 0 amide bonds. The molecule has 0 bridgehead atoms. The van der Waals surface area contributed by atoms with Gasteiger partial charge < -0.3 is 9.47 Å². The first-order valence-electron chi connectivity index (χ1n) is 9.29. The van der Waals surface area contributed by atoms with Gasteiger partial charge in [0.2, 0.25) is 0 Å². The summed E-state index contributed by atoms with van der Waals surface area (Å²) in [4.78, 5) is 7.40. The molecule has 0 saturated carbocycles. The van der Waals surface area contributed by atoms with Gasteiger partial charge in [-0.05, 0) is 29.8 Å². The van der Waals surface area contributed by atoms with E-state index in [1.165, 1.54) is 0 Å². The number of rotatable bonds is 3. The van der Waals surface area contributed by atoms with Crippen molar-refractivity contribution in [1.29, 1.82) is 0 Å². The van der Waals surface area contributed by atoms with E-state index in [9.17, 15) is 0 Å². The van der Waals surface area contributed by atoms with Crippen molar-refractivity contribution < 1.29 is 0 Å². The maximum absolute atomic E-state index is 3.35. The van der Waals surface area contributed by atoms with E-state index in [1.54, 1.807) is 11.3 Å². The predicted molar refractivity (Wildman–Crippen MR) is 105 cm³/mol. The fourth-order valence-electron chi connectivity index (χ4n) is 3.89. The lowest BCUT2D eigenvalue weighted by Crippen LogP contribution is -2.47. The Morgan fingerprint density at radius 3 is 2.54 bits per heavy atom. The zero-order chi connectivity index (χ0) is 17.8. The van der Waals surface area contributed by atoms with Crippen LogP contribution in [0.3, 0.4) is 0 Å². The lowest BCUT2D eigenvalue weighted by molar-refractivity contribution is 0.116. The van der Waals surface area contributed by atoms with Crippen LogP contribution in [0.5, 0.6) is 0 Å². The standard InChI is InChI=1S/C22H26N4/c1-23-18-26(19-25-12-5-6-13-25)17-21-16-24(15-11-22(21)23)14-7-10-20-8-3-2-4-9-20/h2-6,8-9,12-13H,11,14-19H2,1H3. The highest BCUT2D eigenvalue weighted by molar-refractivity contribution is 5.34. The smallest absolute Gasteiger partial charge is 0.0762 e. The van der Waals surface area contributed by atoms with Gasteiger partial charge in [-0.1, -0.05) is 30.0 Å². The number of hydrogen-bond acceptors (Lipinski definition) is 3.